The predicted molar refractivity (Wildman–Crippen MR) is 57.4 cm³/mol. The fraction of sp³-hybridized carbons (Fsp3) is 0.500. The van der Waals surface area contributed by atoms with Crippen LogP contribution in [0.15, 0.2) is 0 Å². The van der Waals surface area contributed by atoms with Gasteiger partial charge in [0, 0.05) is 0 Å². The minimum absolute atomic E-state index is 0. The summed E-state index contributed by atoms with van der Waals surface area (Å²) in [7, 11) is 0. The van der Waals surface area contributed by atoms with Crippen LogP contribution in [0.1, 0.15) is 33.4 Å². The zero-order valence-corrected chi connectivity index (χ0v) is 9.41. The fourth-order valence-electron chi connectivity index (χ4n) is 1.69. The molecule has 0 aliphatic heterocycles. The van der Waals surface area contributed by atoms with Crippen molar-refractivity contribution in [2.45, 2.75) is 41.5 Å². The van der Waals surface area contributed by atoms with Crippen LogP contribution >= 0.6 is 0 Å². The van der Waals surface area contributed by atoms with Gasteiger partial charge < -0.3 is 0 Å². The minimum atomic E-state index is 0. The van der Waals surface area contributed by atoms with Gasteiger partial charge in [0.05, 0.1) is 0 Å². The summed E-state index contributed by atoms with van der Waals surface area (Å²) in [6.07, 6.45) is 0. The highest BCUT2D eigenvalue weighted by Crippen LogP contribution is 2.24. The van der Waals surface area contributed by atoms with Gasteiger partial charge in [-0.1, -0.05) is 0 Å². The summed E-state index contributed by atoms with van der Waals surface area (Å²) in [5, 5.41) is 0. The van der Waals surface area contributed by atoms with Gasteiger partial charge in [0.25, 0.3) is 0 Å². The molecule has 1 rings (SSSR count). The molecule has 0 bridgehead atoms. The van der Waals surface area contributed by atoms with Crippen LogP contribution < -0.4 is 0 Å². The quantitative estimate of drug-likeness (QED) is 0.574. The van der Waals surface area contributed by atoms with E-state index in [1.165, 1.54) is 33.4 Å². The van der Waals surface area contributed by atoms with Gasteiger partial charge in [-0.05, 0) is 74.9 Å². The maximum absolute atomic E-state index is 2.21. The molecule has 0 radical (unpaired) electrons. The second-order valence-corrected chi connectivity index (χ2v) is 3.75. The molecule has 0 unspecified atom stereocenters. The van der Waals surface area contributed by atoms with Crippen LogP contribution in [0.5, 0.6) is 0 Å². The summed E-state index contributed by atoms with van der Waals surface area (Å²) in [4.78, 5) is 0. The first-order valence-electron chi connectivity index (χ1n) is 4.50. The Labute approximate surface area is 80.3 Å². The van der Waals surface area contributed by atoms with Gasteiger partial charge >= 0.3 is 0 Å². The van der Waals surface area contributed by atoms with Crippen molar-refractivity contribution in [3.05, 3.63) is 33.4 Å². The Kier molecular flexibility index (Phi) is 3.65. The maximum atomic E-state index is 2.21. The smallest absolute Gasteiger partial charge is 0.0392 e. The van der Waals surface area contributed by atoms with Crippen LogP contribution in [0.25, 0.3) is 0 Å². The molecule has 0 aliphatic carbocycles. The van der Waals surface area contributed by atoms with Crippen molar-refractivity contribution in [3.63, 3.8) is 0 Å². The van der Waals surface area contributed by atoms with E-state index < -0.39 is 0 Å². The molecule has 1 aromatic carbocycles. The highest BCUT2D eigenvalue weighted by Gasteiger charge is 2.07. The standard InChI is InChI=1S/C12H18.FH/c1-7-8(2)10(4)12(6)11(5)9(7)3;/h1-6H3;1H. The lowest BCUT2D eigenvalue weighted by Crippen LogP contribution is -1.98. The lowest BCUT2D eigenvalue weighted by atomic mass is 9.90. The summed E-state index contributed by atoms with van der Waals surface area (Å²) in [5.41, 5.74) is 8.73. The second kappa shape index (κ2) is 3.91. The van der Waals surface area contributed by atoms with Crippen molar-refractivity contribution in [1.82, 2.24) is 0 Å². The Morgan fingerprint density at radius 3 is 0.538 bits per heavy atom. The van der Waals surface area contributed by atoms with E-state index in [1.807, 2.05) is 0 Å². The van der Waals surface area contributed by atoms with Crippen LogP contribution in [0, 0.1) is 41.5 Å². The van der Waals surface area contributed by atoms with Crippen LogP contribution in [0.2, 0.25) is 0 Å². The third-order valence-corrected chi connectivity index (χ3v) is 3.38. The zero-order valence-electron chi connectivity index (χ0n) is 9.41. The minimum Gasteiger partial charge on any atom is -0.269 e. The van der Waals surface area contributed by atoms with Gasteiger partial charge in [-0.2, -0.15) is 0 Å². The van der Waals surface area contributed by atoms with E-state index in [4.69, 9.17) is 0 Å². The van der Waals surface area contributed by atoms with E-state index in [-0.39, 0.29) is 4.70 Å². The lowest BCUT2D eigenvalue weighted by molar-refractivity contribution is 1.11. The molecule has 1 heteroatoms. The molecular weight excluding hydrogens is 163 g/mol. The maximum Gasteiger partial charge on any atom is -0.0392 e. The van der Waals surface area contributed by atoms with Crippen molar-refractivity contribution < 1.29 is 4.70 Å². The van der Waals surface area contributed by atoms with E-state index in [0.29, 0.717) is 0 Å². The van der Waals surface area contributed by atoms with Crippen molar-refractivity contribution in [1.29, 1.82) is 0 Å². The second-order valence-electron chi connectivity index (χ2n) is 3.75. The van der Waals surface area contributed by atoms with Gasteiger partial charge in [0.2, 0.25) is 0 Å². The number of hydrogen-bond acceptors (Lipinski definition) is 0. The summed E-state index contributed by atoms with van der Waals surface area (Å²) in [6.45, 7) is 13.3. The average molecular weight is 182 g/mol. The molecule has 0 heterocycles. The van der Waals surface area contributed by atoms with Gasteiger partial charge in [-0.3, -0.25) is 4.70 Å². The molecule has 0 saturated heterocycles. The molecule has 0 saturated carbocycles. The van der Waals surface area contributed by atoms with Crippen LogP contribution in [-0.4, -0.2) is 0 Å². The molecular formula is C12H19F. The third-order valence-electron chi connectivity index (χ3n) is 3.38. The van der Waals surface area contributed by atoms with E-state index in [9.17, 15) is 0 Å². The monoisotopic (exact) mass is 182 g/mol. The van der Waals surface area contributed by atoms with Crippen LogP contribution in [0.3, 0.4) is 0 Å². The van der Waals surface area contributed by atoms with E-state index in [0.717, 1.165) is 0 Å². The van der Waals surface area contributed by atoms with Gasteiger partial charge in [0.15, 0.2) is 0 Å². The summed E-state index contributed by atoms with van der Waals surface area (Å²) in [5.74, 6) is 0. The number of hydrogen-bond donors (Lipinski definition) is 0. The molecule has 0 atom stereocenters. The predicted octanol–water partition coefficient (Wildman–Crippen LogP) is 3.69. The molecule has 0 N–H and O–H groups in total. The third kappa shape index (κ3) is 1.74. The van der Waals surface area contributed by atoms with Gasteiger partial charge in [0.1, 0.15) is 0 Å². The number of rotatable bonds is 0. The summed E-state index contributed by atoms with van der Waals surface area (Å²) in [6, 6.07) is 0. The molecule has 0 aliphatic rings. The first-order chi connectivity index (χ1) is 5.46. The number of halogens is 1. The van der Waals surface area contributed by atoms with Crippen LogP contribution in [0.4, 0.5) is 4.70 Å². The van der Waals surface area contributed by atoms with Gasteiger partial charge in [-0.15, -0.1) is 0 Å². The Balaban J connectivity index is 0.00000144. The molecule has 1 aromatic rings. The fourth-order valence-corrected chi connectivity index (χ4v) is 1.69. The Morgan fingerprint density at radius 2 is 0.462 bits per heavy atom. The Hall–Kier alpha value is -0.850. The molecule has 0 aromatic heterocycles. The summed E-state index contributed by atoms with van der Waals surface area (Å²) >= 11 is 0. The number of benzene rings is 1. The van der Waals surface area contributed by atoms with Crippen molar-refractivity contribution >= 4 is 0 Å². The van der Waals surface area contributed by atoms with Crippen LogP contribution in [-0.2, 0) is 0 Å². The lowest BCUT2D eigenvalue weighted by Gasteiger charge is -2.15. The zero-order chi connectivity index (χ0) is 9.46. The average Bonchev–Trinajstić information content (AvgIpc) is 2.08. The van der Waals surface area contributed by atoms with Crippen molar-refractivity contribution in [2.75, 3.05) is 0 Å². The molecule has 0 nitrogen and oxygen atoms in total. The van der Waals surface area contributed by atoms with E-state index in [1.54, 1.807) is 0 Å². The molecule has 0 amide bonds. The SMILES string of the molecule is Cc1c(C)c(C)c(C)c(C)c1C.F. The highest BCUT2D eigenvalue weighted by atomic mass is 19.0. The Bertz CT molecular complexity index is 219. The van der Waals surface area contributed by atoms with Crippen molar-refractivity contribution in [3.8, 4) is 0 Å². The van der Waals surface area contributed by atoms with E-state index >= 15 is 0 Å². The normalized spacial score (nSPS) is 9.69. The Morgan fingerprint density at radius 1 is 0.385 bits per heavy atom. The molecule has 0 spiro atoms. The van der Waals surface area contributed by atoms with E-state index in [2.05, 4.69) is 41.5 Å². The highest BCUT2D eigenvalue weighted by molar-refractivity contribution is 5.48. The topological polar surface area (TPSA) is 0 Å². The first kappa shape index (κ1) is 12.2. The first-order valence-corrected chi connectivity index (χ1v) is 4.50. The summed E-state index contributed by atoms with van der Waals surface area (Å²) < 4.78 is 0. The largest absolute Gasteiger partial charge is 0.269 e. The van der Waals surface area contributed by atoms with Gasteiger partial charge in [-0.25, -0.2) is 0 Å². The molecule has 74 valence electrons. The molecule has 0 fully saturated rings. The van der Waals surface area contributed by atoms with Crippen molar-refractivity contribution in [2.24, 2.45) is 0 Å². The molecule has 13 heavy (non-hydrogen) atoms.